The highest BCUT2D eigenvalue weighted by Crippen LogP contribution is 2.29. The summed E-state index contributed by atoms with van der Waals surface area (Å²) in [5, 5.41) is 0. The first kappa shape index (κ1) is 21.1. The number of aromatic nitrogens is 2. The smallest absolute Gasteiger partial charge is 0.261 e. The van der Waals surface area contributed by atoms with Crippen molar-refractivity contribution in [2.45, 2.75) is 65.5 Å². The van der Waals surface area contributed by atoms with Crippen LogP contribution >= 0.6 is 0 Å². The average Bonchev–Trinajstić information content (AvgIpc) is 2.45. The summed E-state index contributed by atoms with van der Waals surface area (Å²) in [6, 6.07) is 8.14. The van der Waals surface area contributed by atoms with E-state index in [2.05, 4.69) is 43.7 Å². The Morgan fingerprint density at radius 2 is 1.28 bits per heavy atom. The van der Waals surface area contributed by atoms with Crippen molar-refractivity contribution in [3.8, 4) is 0 Å². The van der Waals surface area contributed by atoms with Gasteiger partial charge in [-0.1, -0.05) is 47.6 Å². The zero-order valence-corrected chi connectivity index (χ0v) is 16.0. The van der Waals surface area contributed by atoms with E-state index in [0.29, 0.717) is 5.69 Å². The molecule has 0 atom stereocenters. The molecule has 25 heavy (non-hydrogen) atoms. The molecule has 0 aromatic carbocycles. The first-order chi connectivity index (χ1) is 11.2. The number of aryl methyl sites for hydroxylation is 1. The summed E-state index contributed by atoms with van der Waals surface area (Å²) in [6.07, 6.45) is -2.49. The van der Waals surface area contributed by atoms with Gasteiger partial charge in [0.15, 0.2) is 0 Å². The van der Waals surface area contributed by atoms with E-state index in [1.54, 1.807) is 6.07 Å². The summed E-state index contributed by atoms with van der Waals surface area (Å²) in [6.45, 7) is 14.1. The van der Waals surface area contributed by atoms with Crippen LogP contribution in [0.4, 0.5) is 13.2 Å². The Morgan fingerprint density at radius 1 is 0.760 bits per heavy atom. The van der Waals surface area contributed by atoms with Crippen LogP contribution in [-0.2, 0) is 17.0 Å². The van der Waals surface area contributed by atoms with Gasteiger partial charge in [0, 0.05) is 28.4 Å². The molecule has 0 fully saturated rings. The van der Waals surface area contributed by atoms with Gasteiger partial charge in [-0.25, -0.2) is 4.98 Å². The largest absolute Gasteiger partial charge is 0.433 e. The van der Waals surface area contributed by atoms with Gasteiger partial charge in [-0.05, 0) is 36.8 Å². The lowest BCUT2D eigenvalue weighted by atomic mass is 9.91. The van der Waals surface area contributed by atoms with Crippen LogP contribution in [-0.4, -0.2) is 9.97 Å². The Morgan fingerprint density at radius 3 is 1.68 bits per heavy atom. The van der Waals surface area contributed by atoms with Crippen molar-refractivity contribution in [3.63, 3.8) is 0 Å². The van der Waals surface area contributed by atoms with E-state index in [-0.39, 0.29) is 10.8 Å². The van der Waals surface area contributed by atoms with Crippen molar-refractivity contribution in [3.05, 3.63) is 59.2 Å². The standard InChI is InChI=1S/C10H12F3N.C10H15N/c1-9(2,3)7-5-4-6-8(14-7)10(11,12)13;1-8-5-6-11-9(7-8)10(2,3)4/h4-6H,1-3H3;5-7H,1-4H3. The zero-order valence-electron chi connectivity index (χ0n) is 16.0. The minimum absolute atomic E-state index is 0.173. The van der Waals surface area contributed by atoms with Gasteiger partial charge in [0.05, 0.1) is 0 Å². The second-order valence-electron chi connectivity index (χ2n) is 8.12. The number of pyridine rings is 2. The normalized spacial score (nSPS) is 12.4. The summed E-state index contributed by atoms with van der Waals surface area (Å²) in [7, 11) is 0. The lowest BCUT2D eigenvalue weighted by molar-refractivity contribution is -0.141. The number of halogens is 3. The number of rotatable bonds is 0. The predicted octanol–water partition coefficient (Wildman–Crippen LogP) is 6.09. The molecule has 0 bridgehead atoms. The third kappa shape index (κ3) is 6.85. The average molecular weight is 352 g/mol. The molecule has 138 valence electrons. The van der Waals surface area contributed by atoms with E-state index in [0.717, 1.165) is 11.8 Å². The molecule has 0 amide bonds. The molecular formula is C20H27F3N2. The highest BCUT2D eigenvalue weighted by atomic mass is 19.4. The van der Waals surface area contributed by atoms with Crippen molar-refractivity contribution >= 4 is 0 Å². The molecule has 0 aliphatic heterocycles. The molecule has 2 aromatic rings. The fourth-order valence-corrected chi connectivity index (χ4v) is 1.96. The van der Waals surface area contributed by atoms with Crippen molar-refractivity contribution in [1.82, 2.24) is 9.97 Å². The third-order valence-corrected chi connectivity index (χ3v) is 3.49. The molecule has 2 nitrogen and oxygen atoms in total. The molecule has 5 heteroatoms. The van der Waals surface area contributed by atoms with Crippen LogP contribution in [0.15, 0.2) is 36.5 Å². The molecule has 0 radical (unpaired) electrons. The van der Waals surface area contributed by atoms with Gasteiger partial charge in [-0.15, -0.1) is 0 Å². The number of hydrogen-bond acceptors (Lipinski definition) is 2. The quantitative estimate of drug-likeness (QED) is 0.574. The first-order valence-electron chi connectivity index (χ1n) is 8.19. The van der Waals surface area contributed by atoms with Crippen molar-refractivity contribution in [2.75, 3.05) is 0 Å². The maximum absolute atomic E-state index is 12.3. The van der Waals surface area contributed by atoms with Gasteiger partial charge in [0.2, 0.25) is 0 Å². The molecule has 0 N–H and O–H groups in total. The number of alkyl halides is 3. The van der Waals surface area contributed by atoms with E-state index in [9.17, 15) is 13.2 Å². The van der Waals surface area contributed by atoms with E-state index in [1.165, 1.54) is 11.6 Å². The Kier molecular flexibility index (Phi) is 6.38. The number of hydrogen-bond donors (Lipinski definition) is 0. The van der Waals surface area contributed by atoms with Crippen LogP contribution in [0.25, 0.3) is 0 Å². The fraction of sp³-hybridized carbons (Fsp3) is 0.500. The number of nitrogens with zero attached hydrogens (tertiary/aromatic N) is 2. The molecule has 0 saturated carbocycles. The Labute approximate surface area is 148 Å². The van der Waals surface area contributed by atoms with E-state index in [4.69, 9.17) is 0 Å². The molecule has 2 aromatic heterocycles. The maximum atomic E-state index is 12.3. The van der Waals surface area contributed by atoms with Crippen molar-refractivity contribution in [2.24, 2.45) is 0 Å². The summed E-state index contributed by atoms with van der Waals surface area (Å²) >= 11 is 0. The summed E-state index contributed by atoms with van der Waals surface area (Å²) in [5.41, 5.74) is 1.88. The first-order valence-corrected chi connectivity index (χ1v) is 8.19. The van der Waals surface area contributed by atoms with Crippen LogP contribution < -0.4 is 0 Å². The lowest BCUT2D eigenvalue weighted by Crippen LogP contribution is -2.17. The van der Waals surface area contributed by atoms with Crippen LogP contribution in [0, 0.1) is 6.92 Å². The lowest BCUT2D eigenvalue weighted by Gasteiger charge is -2.18. The molecule has 0 aliphatic rings. The second-order valence-corrected chi connectivity index (χ2v) is 8.12. The SMILES string of the molecule is CC(C)(C)c1cccc(C(F)(F)F)n1.Cc1ccnc(C(C)(C)C)c1. The third-order valence-electron chi connectivity index (χ3n) is 3.49. The maximum Gasteiger partial charge on any atom is 0.433 e. The highest BCUT2D eigenvalue weighted by molar-refractivity contribution is 5.20. The van der Waals surface area contributed by atoms with Crippen LogP contribution in [0.3, 0.4) is 0 Å². The van der Waals surface area contributed by atoms with Crippen LogP contribution in [0.5, 0.6) is 0 Å². The highest BCUT2D eigenvalue weighted by Gasteiger charge is 2.33. The molecule has 0 aliphatic carbocycles. The monoisotopic (exact) mass is 352 g/mol. The van der Waals surface area contributed by atoms with Gasteiger partial charge < -0.3 is 0 Å². The van der Waals surface area contributed by atoms with Gasteiger partial charge in [-0.2, -0.15) is 13.2 Å². The molecular weight excluding hydrogens is 325 g/mol. The van der Waals surface area contributed by atoms with Crippen molar-refractivity contribution in [1.29, 1.82) is 0 Å². The molecule has 0 saturated heterocycles. The second kappa shape index (κ2) is 7.54. The van der Waals surface area contributed by atoms with E-state index < -0.39 is 11.9 Å². The zero-order chi connectivity index (χ0) is 19.5. The molecule has 2 rings (SSSR count). The molecule has 2 heterocycles. The van der Waals surface area contributed by atoms with Crippen molar-refractivity contribution < 1.29 is 13.2 Å². The van der Waals surface area contributed by atoms with E-state index >= 15 is 0 Å². The summed E-state index contributed by atoms with van der Waals surface area (Å²) < 4.78 is 36.9. The molecule has 0 spiro atoms. The Bertz CT molecular complexity index is 664. The molecule has 0 unspecified atom stereocenters. The van der Waals surface area contributed by atoms with Gasteiger partial charge >= 0.3 is 6.18 Å². The summed E-state index contributed by atoms with van der Waals surface area (Å²) in [4.78, 5) is 7.90. The van der Waals surface area contributed by atoms with Gasteiger partial charge in [0.1, 0.15) is 5.69 Å². The minimum atomic E-state index is -4.36. The van der Waals surface area contributed by atoms with Crippen LogP contribution in [0.2, 0.25) is 0 Å². The van der Waals surface area contributed by atoms with E-state index in [1.807, 2.05) is 33.0 Å². The minimum Gasteiger partial charge on any atom is -0.261 e. The topological polar surface area (TPSA) is 25.8 Å². The van der Waals surface area contributed by atoms with Gasteiger partial charge in [-0.3, -0.25) is 4.98 Å². The fourth-order valence-electron chi connectivity index (χ4n) is 1.96. The summed E-state index contributed by atoms with van der Waals surface area (Å²) in [5.74, 6) is 0. The Hall–Kier alpha value is -1.91. The van der Waals surface area contributed by atoms with Crippen LogP contribution in [0.1, 0.15) is 64.2 Å². The predicted molar refractivity (Wildman–Crippen MR) is 95.6 cm³/mol. The van der Waals surface area contributed by atoms with Gasteiger partial charge in [0.25, 0.3) is 0 Å². The Balaban J connectivity index is 0.000000257.